The third kappa shape index (κ3) is 1.76. The number of rotatable bonds is 0. The number of Topliss-reactive ketones (excluding diaryl/α,β-unsaturated/α-hetero) is 1. The van der Waals surface area contributed by atoms with Crippen molar-refractivity contribution in [2.24, 2.45) is 11.3 Å². The molecule has 1 saturated heterocycles. The Balaban J connectivity index is 0.000000845. The topological polar surface area (TPSA) is 84.4 Å². The van der Waals surface area contributed by atoms with Crippen LogP contribution >= 0.6 is 12.4 Å². The Morgan fingerprint density at radius 3 is 2.86 bits per heavy atom. The van der Waals surface area contributed by atoms with Crippen molar-refractivity contribution in [3.05, 3.63) is 0 Å². The molecular weight excluding hydrogens is 204 g/mol. The highest BCUT2D eigenvalue weighted by Crippen LogP contribution is 2.37. The maximum absolute atomic E-state index is 11.7. The van der Waals surface area contributed by atoms with Crippen LogP contribution in [0.25, 0.3) is 0 Å². The molecule has 0 amide bonds. The van der Waals surface area contributed by atoms with Crippen LogP contribution in [-0.2, 0) is 4.79 Å². The van der Waals surface area contributed by atoms with E-state index in [0.717, 1.165) is 25.8 Å². The first kappa shape index (κ1) is 13.4. The highest BCUT2D eigenvalue weighted by Gasteiger charge is 2.47. The van der Waals surface area contributed by atoms with E-state index in [0.29, 0.717) is 6.54 Å². The number of nitrogens with one attached hydrogen (secondary N) is 1. The molecule has 1 aliphatic heterocycles. The van der Waals surface area contributed by atoms with Crippen LogP contribution in [0.3, 0.4) is 0 Å². The van der Waals surface area contributed by atoms with Gasteiger partial charge in [0.05, 0.1) is 6.07 Å². The maximum Gasteiger partial charge on any atom is 0.158 e. The third-order valence-corrected chi connectivity index (χ3v) is 3.03. The van der Waals surface area contributed by atoms with Gasteiger partial charge in [0.2, 0.25) is 0 Å². The minimum Gasteiger partial charge on any atom is -0.412 e. The molecule has 0 aromatic heterocycles. The lowest BCUT2D eigenvalue weighted by Crippen LogP contribution is -2.54. The molecule has 2 fully saturated rings. The molecule has 5 heteroatoms. The number of nitriles is 1. The van der Waals surface area contributed by atoms with Gasteiger partial charge in [-0.05, 0) is 12.8 Å². The van der Waals surface area contributed by atoms with Gasteiger partial charge >= 0.3 is 0 Å². The average molecular weight is 219 g/mol. The summed E-state index contributed by atoms with van der Waals surface area (Å²) in [5.41, 5.74) is -0.666. The zero-order valence-corrected chi connectivity index (χ0v) is 8.69. The Kier molecular flexibility index (Phi) is 4.53. The summed E-state index contributed by atoms with van der Waals surface area (Å²) in [5, 5.41) is 12.1. The molecule has 14 heavy (non-hydrogen) atoms. The van der Waals surface area contributed by atoms with Crippen LogP contribution in [0, 0.1) is 22.7 Å². The van der Waals surface area contributed by atoms with Crippen molar-refractivity contribution in [3.63, 3.8) is 0 Å². The van der Waals surface area contributed by atoms with Crippen LogP contribution < -0.4 is 5.32 Å². The van der Waals surface area contributed by atoms with Crippen LogP contribution in [-0.4, -0.2) is 24.3 Å². The normalized spacial score (nSPS) is 34.8. The molecule has 2 atom stereocenters. The summed E-state index contributed by atoms with van der Waals surface area (Å²) in [6.07, 6.45) is 2.76. The molecule has 4 nitrogen and oxygen atoms in total. The number of ketones is 1. The van der Waals surface area contributed by atoms with Gasteiger partial charge in [0.15, 0.2) is 5.78 Å². The molecule has 1 saturated carbocycles. The minimum atomic E-state index is -0.666. The highest BCUT2D eigenvalue weighted by atomic mass is 35.5. The highest BCUT2D eigenvalue weighted by molar-refractivity contribution is 5.91. The van der Waals surface area contributed by atoms with Crippen molar-refractivity contribution in [1.29, 1.82) is 5.26 Å². The van der Waals surface area contributed by atoms with Gasteiger partial charge in [-0.3, -0.25) is 4.79 Å². The van der Waals surface area contributed by atoms with Gasteiger partial charge in [0.1, 0.15) is 5.41 Å². The molecule has 1 heterocycles. The van der Waals surface area contributed by atoms with E-state index >= 15 is 0 Å². The summed E-state index contributed by atoms with van der Waals surface area (Å²) in [4.78, 5) is 11.7. The number of carbonyl (C=O) groups excluding carboxylic acids is 1. The third-order valence-electron chi connectivity index (χ3n) is 3.03. The van der Waals surface area contributed by atoms with Crippen LogP contribution in [0.15, 0.2) is 0 Å². The summed E-state index contributed by atoms with van der Waals surface area (Å²) in [6.45, 7) is 1.35. The number of hydrogen-bond donors (Lipinski definition) is 1. The number of piperidine rings is 1. The second-order valence-electron chi connectivity index (χ2n) is 3.78. The molecule has 1 aliphatic carbocycles. The van der Waals surface area contributed by atoms with Crippen LogP contribution in [0.4, 0.5) is 0 Å². The van der Waals surface area contributed by atoms with E-state index in [4.69, 9.17) is 5.26 Å². The smallest absolute Gasteiger partial charge is 0.158 e. The number of halogens is 1. The fourth-order valence-corrected chi connectivity index (χ4v) is 2.28. The van der Waals surface area contributed by atoms with Crippen molar-refractivity contribution in [2.75, 3.05) is 13.1 Å². The van der Waals surface area contributed by atoms with Gasteiger partial charge in [-0.25, -0.2) is 0 Å². The second-order valence-corrected chi connectivity index (χ2v) is 3.78. The largest absolute Gasteiger partial charge is 0.412 e. The molecule has 0 spiro atoms. The predicted octanol–water partition coefficient (Wildman–Crippen LogP) is 0.0659. The molecular formula is C9H15ClN2O2. The van der Waals surface area contributed by atoms with Crippen molar-refractivity contribution in [2.45, 2.75) is 19.3 Å². The molecule has 0 radical (unpaired) electrons. The molecule has 2 bridgehead atoms. The van der Waals surface area contributed by atoms with E-state index < -0.39 is 5.41 Å². The van der Waals surface area contributed by atoms with Gasteiger partial charge < -0.3 is 10.8 Å². The molecule has 2 aliphatic rings. The van der Waals surface area contributed by atoms with E-state index in [1.807, 2.05) is 0 Å². The first-order valence-electron chi connectivity index (χ1n) is 4.45. The van der Waals surface area contributed by atoms with Gasteiger partial charge in [0.25, 0.3) is 0 Å². The van der Waals surface area contributed by atoms with Gasteiger partial charge in [-0.2, -0.15) is 5.26 Å². The van der Waals surface area contributed by atoms with Gasteiger partial charge in [0, 0.05) is 19.0 Å². The SMILES string of the molecule is Cl.N#CC12CCCC(CNC1)C2=O.O. The molecule has 0 aromatic carbocycles. The zero-order chi connectivity index (χ0) is 8.60. The fourth-order valence-electron chi connectivity index (χ4n) is 2.28. The van der Waals surface area contributed by atoms with Crippen molar-refractivity contribution >= 4 is 18.2 Å². The van der Waals surface area contributed by atoms with Crippen molar-refractivity contribution < 1.29 is 10.3 Å². The maximum atomic E-state index is 11.7. The fraction of sp³-hybridized carbons (Fsp3) is 0.778. The Morgan fingerprint density at radius 1 is 1.57 bits per heavy atom. The minimum absolute atomic E-state index is 0. The summed E-state index contributed by atoms with van der Waals surface area (Å²) in [7, 11) is 0. The summed E-state index contributed by atoms with van der Waals surface area (Å²) >= 11 is 0. The Labute approximate surface area is 89.4 Å². The summed E-state index contributed by atoms with van der Waals surface area (Å²) in [6, 6.07) is 2.19. The first-order valence-corrected chi connectivity index (χ1v) is 4.45. The van der Waals surface area contributed by atoms with E-state index in [1.165, 1.54) is 0 Å². The van der Waals surface area contributed by atoms with E-state index in [-0.39, 0.29) is 29.6 Å². The van der Waals surface area contributed by atoms with Crippen LogP contribution in [0.1, 0.15) is 19.3 Å². The average Bonchev–Trinajstić information content (AvgIpc) is 2.05. The number of fused-ring (bicyclic) bond motifs is 2. The Hall–Kier alpha value is -0.630. The molecule has 80 valence electrons. The second kappa shape index (κ2) is 4.74. The van der Waals surface area contributed by atoms with Crippen LogP contribution in [0.5, 0.6) is 0 Å². The van der Waals surface area contributed by atoms with Crippen molar-refractivity contribution in [3.8, 4) is 6.07 Å². The van der Waals surface area contributed by atoms with Crippen LogP contribution in [0.2, 0.25) is 0 Å². The lowest BCUT2D eigenvalue weighted by molar-refractivity contribution is -0.134. The quantitative estimate of drug-likeness (QED) is 0.624. The first-order chi connectivity index (χ1) is 5.78. The van der Waals surface area contributed by atoms with Gasteiger partial charge in [-0.1, -0.05) is 6.42 Å². The monoisotopic (exact) mass is 218 g/mol. The summed E-state index contributed by atoms with van der Waals surface area (Å²) < 4.78 is 0. The molecule has 2 rings (SSSR count). The zero-order valence-electron chi connectivity index (χ0n) is 7.88. The lowest BCUT2D eigenvalue weighted by Gasteiger charge is -2.39. The van der Waals surface area contributed by atoms with E-state index in [2.05, 4.69) is 11.4 Å². The van der Waals surface area contributed by atoms with E-state index in [1.54, 1.807) is 0 Å². The molecule has 3 N–H and O–H groups in total. The number of nitrogens with zero attached hydrogens (tertiary/aromatic N) is 1. The van der Waals surface area contributed by atoms with Crippen molar-refractivity contribution in [1.82, 2.24) is 5.32 Å². The predicted molar refractivity (Wildman–Crippen MR) is 54.1 cm³/mol. The summed E-state index contributed by atoms with van der Waals surface area (Å²) in [5.74, 6) is 0.308. The van der Waals surface area contributed by atoms with Gasteiger partial charge in [-0.15, -0.1) is 12.4 Å². The molecule has 0 aromatic rings. The Bertz CT molecular complexity index is 252. The Morgan fingerprint density at radius 2 is 2.29 bits per heavy atom. The lowest BCUT2D eigenvalue weighted by atomic mass is 9.67. The standard InChI is InChI=1S/C9H12N2O.ClH.H2O/c10-5-9-3-1-2-7(8(9)12)4-11-6-9;;/h7,11H,1-4,6H2;1H;1H2. The number of hydrogen-bond acceptors (Lipinski definition) is 3. The molecule has 2 unspecified atom stereocenters. The van der Waals surface area contributed by atoms with E-state index in [9.17, 15) is 4.79 Å². The number of carbonyl (C=O) groups is 1.